The first-order valence-corrected chi connectivity index (χ1v) is 15.5. The van der Waals surface area contributed by atoms with Crippen molar-refractivity contribution in [1.29, 1.82) is 5.26 Å². The SMILES string of the molecule is COC(OC)[C@@H](C)Oc1nc(N2CCN(C(=O)OC(C)(C)C)[C@@H](CC#N)C2)c2cc(Cl)c(-c3cc(O)cc4ccccc34)c(F)c2n1. The monoisotopic (exact) mass is 665 g/mol. The Bertz CT molecular complexity index is 1840. The highest BCUT2D eigenvalue weighted by atomic mass is 35.5. The molecule has 2 heterocycles. The summed E-state index contributed by atoms with van der Waals surface area (Å²) in [7, 11) is 2.93. The Morgan fingerprint density at radius 1 is 1.15 bits per heavy atom. The lowest BCUT2D eigenvalue weighted by Crippen LogP contribution is -2.56. The summed E-state index contributed by atoms with van der Waals surface area (Å²) in [5.74, 6) is -0.476. The maximum Gasteiger partial charge on any atom is 0.410 e. The van der Waals surface area contributed by atoms with Gasteiger partial charge in [0.15, 0.2) is 12.1 Å². The third-order valence-electron chi connectivity index (χ3n) is 7.83. The van der Waals surface area contributed by atoms with Gasteiger partial charge in [-0.2, -0.15) is 15.2 Å². The van der Waals surface area contributed by atoms with Crippen LogP contribution in [0.25, 0.3) is 32.8 Å². The van der Waals surface area contributed by atoms with Crippen LogP contribution in [0, 0.1) is 17.1 Å². The Hall–Kier alpha value is -4.44. The normalized spacial score (nSPS) is 16.0. The van der Waals surface area contributed by atoms with E-state index in [1.54, 1.807) is 39.8 Å². The largest absolute Gasteiger partial charge is 0.508 e. The Morgan fingerprint density at radius 3 is 2.55 bits per heavy atom. The summed E-state index contributed by atoms with van der Waals surface area (Å²) in [4.78, 5) is 25.6. The molecule has 0 spiro atoms. The zero-order chi connectivity index (χ0) is 34.0. The van der Waals surface area contributed by atoms with E-state index in [1.165, 1.54) is 25.2 Å². The summed E-state index contributed by atoms with van der Waals surface area (Å²) < 4.78 is 39.2. The number of rotatable bonds is 8. The summed E-state index contributed by atoms with van der Waals surface area (Å²) in [6.07, 6.45) is -1.94. The van der Waals surface area contributed by atoms with Crippen LogP contribution in [-0.4, -0.2) is 84.0 Å². The Morgan fingerprint density at radius 2 is 1.87 bits per heavy atom. The smallest absolute Gasteiger partial charge is 0.410 e. The molecule has 1 aliphatic heterocycles. The van der Waals surface area contributed by atoms with Crippen LogP contribution in [0.15, 0.2) is 42.5 Å². The molecule has 1 aliphatic rings. The van der Waals surface area contributed by atoms with Crippen molar-refractivity contribution >= 4 is 45.2 Å². The Balaban J connectivity index is 1.66. The number of carbonyl (C=O) groups excluding carboxylic acids is 1. The van der Waals surface area contributed by atoms with E-state index >= 15 is 4.39 Å². The van der Waals surface area contributed by atoms with Crippen LogP contribution in [-0.2, 0) is 14.2 Å². The van der Waals surface area contributed by atoms with Crippen LogP contribution in [0.3, 0.4) is 0 Å². The van der Waals surface area contributed by atoms with E-state index in [-0.39, 0.29) is 47.4 Å². The van der Waals surface area contributed by atoms with Gasteiger partial charge in [0, 0.05) is 44.8 Å². The molecular formula is C34H37ClFN5O6. The zero-order valence-corrected chi connectivity index (χ0v) is 27.8. The molecule has 1 aromatic heterocycles. The Labute approximate surface area is 277 Å². The van der Waals surface area contributed by atoms with Gasteiger partial charge in [0.25, 0.3) is 0 Å². The van der Waals surface area contributed by atoms with Crippen LogP contribution < -0.4 is 9.64 Å². The fourth-order valence-corrected chi connectivity index (χ4v) is 6.09. The van der Waals surface area contributed by atoms with Crippen molar-refractivity contribution < 1.29 is 33.2 Å². The first kappa shape index (κ1) is 33.9. The third-order valence-corrected chi connectivity index (χ3v) is 8.13. The van der Waals surface area contributed by atoms with Gasteiger partial charge in [0.2, 0.25) is 0 Å². The number of piperazine rings is 1. The topological polar surface area (TPSA) is 130 Å². The van der Waals surface area contributed by atoms with E-state index in [4.69, 9.17) is 30.5 Å². The van der Waals surface area contributed by atoms with Gasteiger partial charge in [0.05, 0.1) is 23.6 Å². The predicted molar refractivity (Wildman–Crippen MR) is 176 cm³/mol. The van der Waals surface area contributed by atoms with Gasteiger partial charge in [-0.25, -0.2) is 9.18 Å². The highest BCUT2D eigenvalue weighted by Crippen LogP contribution is 2.42. The van der Waals surface area contributed by atoms with Crippen molar-refractivity contribution in [2.24, 2.45) is 0 Å². The van der Waals surface area contributed by atoms with Crippen LogP contribution in [0.4, 0.5) is 15.0 Å². The molecule has 0 saturated carbocycles. The fraction of sp³-hybridized carbons (Fsp3) is 0.412. The van der Waals surface area contributed by atoms with E-state index in [9.17, 15) is 15.2 Å². The molecule has 2 atom stereocenters. The van der Waals surface area contributed by atoms with Gasteiger partial charge < -0.3 is 33.9 Å². The number of hydrogen-bond donors (Lipinski definition) is 1. The second-order valence-electron chi connectivity index (χ2n) is 12.3. The number of fused-ring (bicyclic) bond motifs is 2. The number of benzene rings is 3. The fourth-order valence-electron chi connectivity index (χ4n) is 5.79. The third kappa shape index (κ3) is 7.12. The Kier molecular flexibility index (Phi) is 9.91. The summed E-state index contributed by atoms with van der Waals surface area (Å²) in [5.41, 5.74) is -0.341. The maximum atomic E-state index is 16.9. The molecule has 0 radical (unpaired) electrons. The molecular weight excluding hydrogens is 629 g/mol. The van der Waals surface area contributed by atoms with Gasteiger partial charge in [-0.3, -0.25) is 0 Å². The highest BCUT2D eigenvalue weighted by molar-refractivity contribution is 6.35. The first-order valence-electron chi connectivity index (χ1n) is 15.1. The maximum absolute atomic E-state index is 16.9. The van der Waals surface area contributed by atoms with Crippen LogP contribution in [0.5, 0.6) is 11.8 Å². The second kappa shape index (κ2) is 13.7. The van der Waals surface area contributed by atoms with E-state index in [1.807, 2.05) is 29.2 Å². The molecule has 0 unspecified atom stereocenters. The number of nitriles is 1. The molecule has 248 valence electrons. The molecule has 3 aromatic carbocycles. The lowest BCUT2D eigenvalue weighted by atomic mass is 9.96. The van der Waals surface area contributed by atoms with E-state index in [0.29, 0.717) is 34.1 Å². The van der Waals surface area contributed by atoms with Crippen LogP contribution >= 0.6 is 11.6 Å². The summed E-state index contributed by atoms with van der Waals surface area (Å²) in [6.45, 7) is 7.75. The molecule has 4 aromatic rings. The molecule has 1 amide bonds. The van der Waals surface area contributed by atoms with Crippen molar-refractivity contribution in [3.63, 3.8) is 0 Å². The van der Waals surface area contributed by atoms with Crippen molar-refractivity contribution in [2.75, 3.05) is 38.8 Å². The number of hydrogen-bond acceptors (Lipinski definition) is 10. The first-order chi connectivity index (χ1) is 22.3. The minimum absolute atomic E-state index is 0.0341. The van der Waals surface area contributed by atoms with E-state index < -0.39 is 35.9 Å². The van der Waals surface area contributed by atoms with Gasteiger partial charge in [-0.1, -0.05) is 35.9 Å². The van der Waals surface area contributed by atoms with Crippen molar-refractivity contribution in [2.45, 2.75) is 58.2 Å². The lowest BCUT2D eigenvalue weighted by Gasteiger charge is -2.41. The summed E-state index contributed by atoms with van der Waals surface area (Å²) in [6, 6.07) is 13.4. The number of ether oxygens (including phenoxy) is 4. The van der Waals surface area contributed by atoms with Gasteiger partial charge >= 0.3 is 12.1 Å². The number of aromatic nitrogens is 2. The van der Waals surface area contributed by atoms with Crippen LogP contribution in [0.1, 0.15) is 34.1 Å². The molecule has 13 heteroatoms. The highest BCUT2D eigenvalue weighted by Gasteiger charge is 2.35. The number of phenolic OH excluding ortho intramolecular Hbond substituents is 1. The molecule has 0 aliphatic carbocycles. The molecule has 1 saturated heterocycles. The number of methoxy groups -OCH3 is 2. The van der Waals surface area contributed by atoms with Crippen molar-refractivity contribution in [1.82, 2.24) is 14.9 Å². The zero-order valence-electron chi connectivity index (χ0n) is 27.1. The summed E-state index contributed by atoms with van der Waals surface area (Å²) >= 11 is 6.84. The number of nitrogens with zero attached hydrogens (tertiary/aromatic N) is 5. The predicted octanol–water partition coefficient (Wildman–Crippen LogP) is 6.67. The van der Waals surface area contributed by atoms with Crippen molar-refractivity contribution in [3.05, 3.63) is 53.3 Å². The summed E-state index contributed by atoms with van der Waals surface area (Å²) in [5, 5.41) is 21.9. The average Bonchev–Trinajstić information content (AvgIpc) is 3.01. The number of anilines is 1. The number of amides is 1. The molecule has 1 fully saturated rings. The van der Waals surface area contributed by atoms with E-state index in [2.05, 4.69) is 16.0 Å². The van der Waals surface area contributed by atoms with Gasteiger partial charge in [-0.05, 0) is 62.2 Å². The quantitative estimate of drug-likeness (QED) is 0.204. The minimum Gasteiger partial charge on any atom is -0.508 e. The van der Waals surface area contributed by atoms with Gasteiger partial charge in [-0.15, -0.1) is 0 Å². The molecule has 1 N–H and O–H groups in total. The second-order valence-corrected chi connectivity index (χ2v) is 12.7. The number of aromatic hydroxyl groups is 1. The average molecular weight is 666 g/mol. The number of carbonyl (C=O) groups is 1. The van der Waals surface area contributed by atoms with Crippen molar-refractivity contribution in [3.8, 4) is 29.0 Å². The molecule has 0 bridgehead atoms. The molecule has 5 rings (SSSR count). The lowest BCUT2D eigenvalue weighted by molar-refractivity contribution is -0.152. The standard InChI is InChI=1S/C34H37ClFN5O6/c1-19(31(44-5)45-6)46-32-38-29-25(17-26(35)27(28(29)36)24-16-22(42)15-20-9-7-8-10-23(20)24)30(39-32)40-13-14-41(21(18-40)11-12-37)33(43)47-34(2,3)4/h7-10,15-17,19,21,31,42H,11,13-14,18H2,1-6H3/t19-,21+/m1/s1. The van der Waals surface area contributed by atoms with Crippen LogP contribution in [0.2, 0.25) is 5.02 Å². The number of phenols is 1. The van der Waals surface area contributed by atoms with E-state index in [0.717, 1.165) is 0 Å². The number of halogens is 2. The van der Waals surface area contributed by atoms with Gasteiger partial charge in [0.1, 0.15) is 28.8 Å². The molecule has 11 nitrogen and oxygen atoms in total. The molecule has 47 heavy (non-hydrogen) atoms. The minimum atomic E-state index is -0.764.